The number of halogens is 1. The molecule has 2 nitrogen and oxygen atoms in total. The van der Waals surface area contributed by atoms with E-state index in [-0.39, 0.29) is 0 Å². The van der Waals surface area contributed by atoms with Crippen molar-refractivity contribution < 1.29 is 4.79 Å². The normalized spacial score (nSPS) is 21.9. The van der Waals surface area contributed by atoms with Gasteiger partial charge in [0.1, 0.15) is 0 Å². The van der Waals surface area contributed by atoms with E-state index < -0.39 is 0 Å². The van der Waals surface area contributed by atoms with E-state index in [1.807, 2.05) is 0 Å². The number of carbonyl (C=O) groups is 1. The molecule has 3 heteroatoms. The van der Waals surface area contributed by atoms with Gasteiger partial charge in [0.15, 0.2) is 0 Å². The topological polar surface area (TPSA) is 20.3 Å². The Balaban J connectivity index is 1.80. The van der Waals surface area contributed by atoms with Crippen LogP contribution in [0.15, 0.2) is 0 Å². The summed E-state index contributed by atoms with van der Waals surface area (Å²) < 4.78 is 0. The fourth-order valence-corrected chi connectivity index (χ4v) is 2.95. The van der Waals surface area contributed by atoms with Crippen molar-refractivity contribution in [2.75, 3.05) is 11.9 Å². The molecule has 0 aromatic rings. The lowest BCUT2D eigenvalue weighted by atomic mass is 10.0. The minimum atomic E-state index is 0.406. The van der Waals surface area contributed by atoms with E-state index in [1.165, 1.54) is 38.5 Å². The SMILES string of the molecule is O=C(CC1CCCC1)N(CCBr)C1CC1. The highest BCUT2D eigenvalue weighted by atomic mass is 79.9. The van der Waals surface area contributed by atoms with Gasteiger partial charge >= 0.3 is 0 Å². The highest BCUT2D eigenvalue weighted by Crippen LogP contribution is 2.31. The summed E-state index contributed by atoms with van der Waals surface area (Å²) in [5.41, 5.74) is 0. The maximum absolute atomic E-state index is 12.1. The van der Waals surface area contributed by atoms with Gasteiger partial charge in [0.05, 0.1) is 0 Å². The zero-order valence-electron chi connectivity index (χ0n) is 9.25. The molecule has 1 amide bonds. The van der Waals surface area contributed by atoms with Crippen molar-refractivity contribution >= 4 is 21.8 Å². The number of hydrogen-bond acceptors (Lipinski definition) is 1. The molecule has 2 saturated carbocycles. The van der Waals surface area contributed by atoms with Gasteiger partial charge in [-0.2, -0.15) is 0 Å². The Kier molecular flexibility index (Phi) is 4.06. The summed E-state index contributed by atoms with van der Waals surface area (Å²) in [4.78, 5) is 14.2. The van der Waals surface area contributed by atoms with Crippen LogP contribution in [0.25, 0.3) is 0 Å². The number of alkyl halides is 1. The zero-order valence-corrected chi connectivity index (χ0v) is 10.8. The second-order valence-electron chi connectivity index (χ2n) is 4.86. The third-order valence-corrected chi connectivity index (χ3v) is 3.93. The van der Waals surface area contributed by atoms with E-state index >= 15 is 0 Å². The first-order chi connectivity index (χ1) is 7.31. The molecule has 2 rings (SSSR count). The highest BCUT2D eigenvalue weighted by molar-refractivity contribution is 9.09. The predicted octanol–water partition coefficient (Wildman–Crippen LogP) is 2.95. The predicted molar refractivity (Wildman–Crippen MR) is 65.1 cm³/mol. The maximum atomic E-state index is 12.1. The standard InChI is InChI=1S/C12H20BrNO/c13-7-8-14(11-5-6-11)12(15)9-10-3-1-2-4-10/h10-11H,1-9H2. The summed E-state index contributed by atoms with van der Waals surface area (Å²) >= 11 is 3.43. The minimum Gasteiger partial charge on any atom is -0.339 e. The molecule has 2 aliphatic rings. The van der Waals surface area contributed by atoms with Gasteiger partial charge in [-0.25, -0.2) is 0 Å². The quantitative estimate of drug-likeness (QED) is 0.706. The van der Waals surface area contributed by atoms with Gasteiger partial charge in [-0.3, -0.25) is 4.79 Å². The van der Waals surface area contributed by atoms with E-state index in [0.29, 0.717) is 17.9 Å². The molecule has 0 spiro atoms. The summed E-state index contributed by atoms with van der Waals surface area (Å²) in [5, 5.41) is 0.917. The van der Waals surface area contributed by atoms with Gasteiger partial charge in [-0.05, 0) is 31.6 Å². The van der Waals surface area contributed by atoms with Crippen molar-refractivity contribution in [1.82, 2.24) is 4.90 Å². The molecule has 86 valence electrons. The smallest absolute Gasteiger partial charge is 0.223 e. The van der Waals surface area contributed by atoms with Crippen LogP contribution < -0.4 is 0 Å². The average molecular weight is 274 g/mol. The molecule has 0 aromatic carbocycles. The molecule has 0 N–H and O–H groups in total. The first-order valence-electron chi connectivity index (χ1n) is 6.16. The number of rotatable bonds is 5. The fraction of sp³-hybridized carbons (Fsp3) is 0.917. The minimum absolute atomic E-state index is 0.406. The van der Waals surface area contributed by atoms with Crippen molar-refractivity contribution in [3.63, 3.8) is 0 Å². The molecule has 2 aliphatic carbocycles. The first kappa shape index (κ1) is 11.4. The van der Waals surface area contributed by atoms with Gasteiger partial charge in [0.25, 0.3) is 0 Å². The van der Waals surface area contributed by atoms with Gasteiger partial charge < -0.3 is 4.90 Å². The van der Waals surface area contributed by atoms with Gasteiger partial charge in [0.2, 0.25) is 5.91 Å². The van der Waals surface area contributed by atoms with Gasteiger partial charge in [-0.15, -0.1) is 0 Å². The third-order valence-electron chi connectivity index (χ3n) is 3.57. The van der Waals surface area contributed by atoms with Crippen LogP contribution in [0.2, 0.25) is 0 Å². The Labute approximate surface area is 101 Å². The number of nitrogens with zero attached hydrogens (tertiary/aromatic N) is 1. The van der Waals surface area contributed by atoms with Crippen molar-refractivity contribution in [3.05, 3.63) is 0 Å². The van der Waals surface area contributed by atoms with E-state index in [9.17, 15) is 4.79 Å². The molecule has 0 radical (unpaired) electrons. The van der Waals surface area contributed by atoms with Crippen LogP contribution in [-0.2, 0) is 4.79 Å². The highest BCUT2D eigenvalue weighted by Gasteiger charge is 2.33. The summed E-state index contributed by atoms with van der Waals surface area (Å²) in [7, 11) is 0. The molecule has 0 aliphatic heterocycles. The molecule has 2 fully saturated rings. The molecule has 0 atom stereocenters. The summed E-state index contributed by atoms with van der Waals surface area (Å²) in [6.45, 7) is 0.899. The van der Waals surface area contributed by atoms with Crippen LogP contribution in [0.3, 0.4) is 0 Å². The summed E-state index contributed by atoms with van der Waals surface area (Å²) in [5.74, 6) is 1.10. The van der Waals surface area contributed by atoms with E-state index in [0.717, 1.165) is 18.3 Å². The molecular formula is C12H20BrNO. The Bertz CT molecular complexity index is 222. The van der Waals surface area contributed by atoms with Gasteiger partial charge in [0, 0.05) is 24.3 Å². The number of hydrogen-bond donors (Lipinski definition) is 0. The first-order valence-corrected chi connectivity index (χ1v) is 7.29. The number of amides is 1. The third kappa shape index (κ3) is 3.20. The lowest BCUT2D eigenvalue weighted by molar-refractivity contribution is -0.132. The molecule has 0 aromatic heterocycles. The lowest BCUT2D eigenvalue weighted by Crippen LogP contribution is -2.35. The van der Waals surface area contributed by atoms with Crippen LogP contribution >= 0.6 is 15.9 Å². The molecular weight excluding hydrogens is 254 g/mol. The Morgan fingerprint density at radius 2 is 1.87 bits per heavy atom. The molecule has 0 saturated heterocycles. The molecule has 0 heterocycles. The second-order valence-corrected chi connectivity index (χ2v) is 5.65. The average Bonchev–Trinajstić information content (AvgIpc) is 2.93. The van der Waals surface area contributed by atoms with Crippen molar-refractivity contribution in [1.29, 1.82) is 0 Å². The largest absolute Gasteiger partial charge is 0.339 e. The Hall–Kier alpha value is -0.0500. The zero-order chi connectivity index (χ0) is 10.7. The van der Waals surface area contributed by atoms with E-state index in [1.54, 1.807) is 0 Å². The van der Waals surface area contributed by atoms with Crippen molar-refractivity contribution in [2.45, 2.75) is 51.0 Å². The van der Waals surface area contributed by atoms with Gasteiger partial charge in [-0.1, -0.05) is 28.8 Å². The summed E-state index contributed by atoms with van der Waals surface area (Å²) in [6, 6.07) is 0.580. The van der Waals surface area contributed by atoms with Crippen LogP contribution in [0.5, 0.6) is 0 Å². The summed E-state index contributed by atoms with van der Waals surface area (Å²) in [6.07, 6.45) is 8.48. The second kappa shape index (κ2) is 5.33. The Morgan fingerprint density at radius 1 is 1.20 bits per heavy atom. The van der Waals surface area contributed by atoms with E-state index in [4.69, 9.17) is 0 Å². The van der Waals surface area contributed by atoms with E-state index in [2.05, 4.69) is 20.8 Å². The van der Waals surface area contributed by atoms with Crippen LogP contribution in [0.1, 0.15) is 44.9 Å². The molecule has 0 bridgehead atoms. The fourth-order valence-electron chi connectivity index (χ4n) is 2.57. The van der Waals surface area contributed by atoms with Crippen LogP contribution in [0.4, 0.5) is 0 Å². The maximum Gasteiger partial charge on any atom is 0.223 e. The molecule has 0 unspecified atom stereocenters. The van der Waals surface area contributed by atoms with Crippen LogP contribution in [0, 0.1) is 5.92 Å². The number of carbonyl (C=O) groups excluding carboxylic acids is 1. The van der Waals surface area contributed by atoms with Crippen molar-refractivity contribution in [2.24, 2.45) is 5.92 Å². The Morgan fingerprint density at radius 3 is 2.40 bits per heavy atom. The molecule has 15 heavy (non-hydrogen) atoms. The lowest BCUT2D eigenvalue weighted by Gasteiger charge is -2.23. The van der Waals surface area contributed by atoms with Crippen molar-refractivity contribution in [3.8, 4) is 0 Å². The van der Waals surface area contributed by atoms with Crippen LogP contribution in [-0.4, -0.2) is 28.7 Å². The monoisotopic (exact) mass is 273 g/mol.